The van der Waals surface area contributed by atoms with Gasteiger partial charge in [0.15, 0.2) is 0 Å². The molecular weight excluding hydrogens is 349 g/mol. The highest BCUT2D eigenvalue weighted by molar-refractivity contribution is 7.92. The Morgan fingerprint density at radius 2 is 1.27 bits per heavy atom. The number of benzene rings is 2. The standard InChI is InChI=1S/C21H28FNO2S/c1-13(2)16-11-19(14(3)4)21(20(12-16)15(5)6)26(24,25)23-18-9-7-17(22)8-10-18/h7-15,23H,1-6H3. The Labute approximate surface area is 156 Å². The fourth-order valence-corrected chi connectivity index (χ4v) is 4.68. The number of rotatable bonds is 6. The van der Waals surface area contributed by atoms with E-state index in [1.54, 1.807) is 0 Å². The van der Waals surface area contributed by atoms with Gasteiger partial charge in [-0.2, -0.15) is 0 Å². The van der Waals surface area contributed by atoms with Gasteiger partial charge in [0.1, 0.15) is 5.82 Å². The molecule has 0 aromatic heterocycles. The minimum Gasteiger partial charge on any atom is -0.280 e. The second-order valence-corrected chi connectivity index (χ2v) is 9.22. The van der Waals surface area contributed by atoms with Gasteiger partial charge in [0.05, 0.1) is 4.90 Å². The van der Waals surface area contributed by atoms with Crippen molar-refractivity contribution in [3.05, 3.63) is 58.9 Å². The Morgan fingerprint density at radius 3 is 1.65 bits per heavy atom. The van der Waals surface area contributed by atoms with Crippen LogP contribution < -0.4 is 4.72 Å². The summed E-state index contributed by atoms with van der Waals surface area (Å²) in [5.41, 5.74) is 3.12. The summed E-state index contributed by atoms with van der Waals surface area (Å²) in [6, 6.07) is 9.35. The summed E-state index contributed by atoms with van der Waals surface area (Å²) in [5.74, 6) is 0.0313. The van der Waals surface area contributed by atoms with Crippen molar-refractivity contribution in [2.45, 2.75) is 64.2 Å². The molecule has 0 spiro atoms. The molecule has 142 valence electrons. The zero-order chi connectivity index (χ0) is 19.6. The second-order valence-electron chi connectivity index (χ2n) is 7.60. The zero-order valence-electron chi connectivity index (χ0n) is 16.3. The lowest BCUT2D eigenvalue weighted by Crippen LogP contribution is -2.19. The molecule has 0 aliphatic carbocycles. The van der Waals surface area contributed by atoms with Crippen molar-refractivity contribution in [3.8, 4) is 0 Å². The van der Waals surface area contributed by atoms with Crippen LogP contribution in [0.4, 0.5) is 10.1 Å². The normalized spacial score (nSPS) is 12.2. The van der Waals surface area contributed by atoms with E-state index in [1.165, 1.54) is 24.3 Å². The topological polar surface area (TPSA) is 46.2 Å². The van der Waals surface area contributed by atoms with Crippen molar-refractivity contribution < 1.29 is 12.8 Å². The highest BCUT2D eigenvalue weighted by Gasteiger charge is 2.27. The van der Waals surface area contributed by atoms with E-state index in [9.17, 15) is 12.8 Å². The molecule has 3 nitrogen and oxygen atoms in total. The number of hydrogen-bond acceptors (Lipinski definition) is 2. The smallest absolute Gasteiger partial charge is 0.262 e. The predicted molar refractivity (Wildman–Crippen MR) is 106 cm³/mol. The van der Waals surface area contributed by atoms with Gasteiger partial charge in [0.25, 0.3) is 10.0 Å². The Kier molecular flexibility index (Phi) is 6.12. The molecule has 0 saturated heterocycles. The first-order valence-corrected chi connectivity index (χ1v) is 10.5. The lowest BCUT2D eigenvalue weighted by molar-refractivity contribution is 0.595. The quantitative estimate of drug-likeness (QED) is 0.671. The first-order chi connectivity index (χ1) is 12.0. The van der Waals surface area contributed by atoms with Gasteiger partial charge in [-0.3, -0.25) is 4.72 Å². The van der Waals surface area contributed by atoms with Crippen molar-refractivity contribution in [3.63, 3.8) is 0 Å². The number of hydrogen-bond donors (Lipinski definition) is 1. The molecule has 2 rings (SSSR count). The summed E-state index contributed by atoms with van der Waals surface area (Å²) in [6.07, 6.45) is 0. The summed E-state index contributed by atoms with van der Waals surface area (Å²) in [6.45, 7) is 12.2. The van der Waals surface area contributed by atoms with Crippen molar-refractivity contribution in [2.75, 3.05) is 4.72 Å². The van der Waals surface area contributed by atoms with Crippen LogP contribution in [0.25, 0.3) is 0 Å². The molecule has 0 heterocycles. The van der Waals surface area contributed by atoms with Crippen LogP contribution in [0.2, 0.25) is 0 Å². The van der Waals surface area contributed by atoms with Crippen molar-refractivity contribution in [1.29, 1.82) is 0 Å². The number of sulfonamides is 1. The number of anilines is 1. The third-order valence-electron chi connectivity index (χ3n) is 4.44. The average Bonchev–Trinajstić information content (AvgIpc) is 2.55. The summed E-state index contributed by atoms with van der Waals surface area (Å²) >= 11 is 0. The third kappa shape index (κ3) is 4.44. The van der Waals surface area contributed by atoms with Crippen LogP contribution in [0, 0.1) is 5.82 Å². The van der Waals surface area contributed by atoms with Crippen LogP contribution in [0.3, 0.4) is 0 Å². The maximum Gasteiger partial charge on any atom is 0.262 e. The first kappa shape index (κ1) is 20.4. The van der Waals surface area contributed by atoms with E-state index >= 15 is 0 Å². The molecule has 0 aliphatic rings. The van der Waals surface area contributed by atoms with Crippen molar-refractivity contribution in [1.82, 2.24) is 0 Å². The van der Waals surface area contributed by atoms with Gasteiger partial charge >= 0.3 is 0 Å². The fraction of sp³-hybridized carbons (Fsp3) is 0.429. The second kappa shape index (κ2) is 7.78. The van der Waals surface area contributed by atoms with Crippen LogP contribution in [0.1, 0.15) is 76.0 Å². The lowest BCUT2D eigenvalue weighted by atomic mass is 9.89. The largest absolute Gasteiger partial charge is 0.280 e. The summed E-state index contributed by atoms with van der Waals surface area (Å²) in [4.78, 5) is 0.344. The molecule has 2 aromatic rings. The SMILES string of the molecule is CC(C)c1cc(C(C)C)c(S(=O)(=O)Nc2ccc(F)cc2)c(C(C)C)c1. The molecule has 0 saturated carbocycles. The maximum atomic E-state index is 13.2. The van der Waals surface area contributed by atoms with E-state index in [2.05, 4.69) is 18.6 Å². The van der Waals surface area contributed by atoms with Gasteiger partial charge in [-0.1, -0.05) is 53.7 Å². The molecule has 26 heavy (non-hydrogen) atoms. The van der Waals surface area contributed by atoms with Gasteiger partial charge in [0.2, 0.25) is 0 Å². The predicted octanol–water partition coefficient (Wildman–Crippen LogP) is 6.00. The number of halogens is 1. The van der Waals surface area contributed by atoms with Crippen LogP contribution in [-0.4, -0.2) is 8.42 Å². The Morgan fingerprint density at radius 1 is 0.808 bits per heavy atom. The first-order valence-electron chi connectivity index (χ1n) is 8.99. The molecule has 0 bridgehead atoms. The molecule has 0 unspecified atom stereocenters. The van der Waals surface area contributed by atoms with Crippen LogP contribution in [0.15, 0.2) is 41.3 Å². The molecule has 5 heteroatoms. The van der Waals surface area contributed by atoms with Crippen molar-refractivity contribution in [2.24, 2.45) is 0 Å². The Bertz CT molecular complexity index is 840. The molecule has 1 N–H and O–H groups in total. The van der Waals surface area contributed by atoms with Crippen LogP contribution in [0.5, 0.6) is 0 Å². The van der Waals surface area contributed by atoms with E-state index in [0.29, 0.717) is 16.5 Å². The Balaban J connectivity index is 2.66. The minimum absolute atomic E-state index is 0.0611. The van der Waals surface area contributed by atoms with Crippen molar-refractivity contribution >= 4 is 15.7 Å². The molecule has 0 atom stereocenters. The molecule has 2 aromatic carbocycles. The monoisotopic (exact) mass is 377 g/mol. The van der Waals surface area contributed by atoms with Gasteiger partial charge in [0, 0.05) is 5.69 Å². The lowest BCUT2D eigenvalue weighted by Gasteiger charge is -2.23. The van der Waals surface area contributed by atoms with E-state index in [4.69, 9.17) is 0 Å². The highest BCUT2D eigenvalue weighted by atomic mass is 32.2. The fourth-order valence-electron chi connectivity index (χ4n) is 2.92. The molecule has 0 radical (unpaired) electrons. The van der Waals surface area contributed by atoms with E-state index < -0.39 is 15.8 Å². The molecule has 0 aliphatic heterocycles. The van der Waals surface area contributed by atoms with Crippen LogP contribution >= 0.6 is 0 Å². The highest BCUT2D eigenvalue weighted by Crippen LogP contribution is 2.35. The summed E-state index contributed by atoms with van der Waals surface area (Å²) in [7, 11) is -3.79. The zero-order valence-corrected chi connectivity index (χ0v) is 17.1. The molecular formula is C21H28FNO2S. The van der Waals surface area contributed by atoms with Gasteiger partial charge in [-0.25, -0.2) is 12.8 Å². The van der Waals surface area contributed by atoms with Gasteiger partial charge in [-0.15, -0.1) is 0 Å². The maximum absolute atomic E-state index is 13.2. The summed E-state index contributed by atoms with van der Waals surface area (Å²) < 4.78 is 42.2. The van der Waals surface area contributed by atoms with Gasteiger partial charge < -0.3 is 0 Å². The van der Waals surface area contributed by atoms with Gasteiger partial charge in [-0.05, 0) is 58.7 Å². The average molecular weight is 378 g/mol. The van der Waals surface area contributed by atoms with E-state index in [1.807, 2.05) is 39.8 Å². The minimum atomic E-state index is -3.79. The van der Waals surface area contributed by atoms with Crippen LogP contribution in [-0.2, 0) is 10.0 Å². The Hall–Kier alpha value is -1.88. The van der Waals surface area contributed by atoms with E-state index in [-0.39, 0.29) is 11.8 Å². The third-order valence-corrected chi connectivity index (χ3v) is 5.96. The van der Waals surface area contributed by atoms with E-state index in [0.717, 1.165) is 16.7 Å². The molecule has 0 amide bonds. The summed E-state index contributed by atoms with van der Waals surface area (Å²) in [5, 5.41) is 0. The number of nitrogens with one attached hydrogen (secondary N) is 1. The molecule has 0 fully saturated rings.